The monoisotopic (exact) mass is 369 g/mol. The average Bonchev–Trinajstić information content (AvgIpc) is 2.67. The number of carbonyl (C=O) groups is 2. The first-order chi connectivity index (χ1) is 13.0. The third kappa shape index (κ3) is 4.13. The van der Waals surface area contributed by atoms with Crippen molar-refractivity contribution in [2.45, 2.75) is 13.0 Å². The predicted molar refractivity (Wildman–Crippen MR) is 103 cm³/mol. The van der Waals surface area contributed by atoms with Crippen LogP contribution in [0.5, 0.6) is 11.5 Å². The van der Waals surface area contributed by atoms with E-state index in [1.54, 1.807) is 20.2 Å². The van der Waals surface area contributed by atoms with Crippen LogP contribution in [0, 0.1) is 6.92 Å². The minimum atomic E-state index is -0.675. The van der Waals surface area contributed by atoms with Gasteiger partial charge in [0, 0.05) is 7.05 Å². The molecule has 0 spiro atoms. The number of rotatable bonds is 5. The molecule has 3 rings (SSSR count). The zero-order valence-electron chi connectivity index (χ0n) is 15.6. The number of nitrogens with one attached hydrogen (secondary N) is 2. The fraction of sp³-hybridized carbons (Fsp3) is 0.300. The maximum Gasteiger partial charge on any atom is 0.262 e. The van der Waals surface area contributed by atoms with E-state index in [4.69, 9.17) is 9.47 Å². The molecule has 7 heteroatoms. The summed E-state index contributed by atoms with van der Waals surface area (Å²) >= 11 is 0. The molecule has 0 aromatic heterocycles. The maximum atomic E-state index is 12.7. The van der Waals surface area contributed by atoms with Crippen molar-refractivity contribution in [3.8, 4) is 11.5 Å². The van der Waals surface area contributed by atoms with E-state index in [2.05, 4.69) is 10.6 Å². The van der Waals surface area contributed by atoms with E-state index in [1.165, 1.54) is 0 Å². The van der Waals surface area contributed by atoms with Gasteiger partial charge in [0.1, 0.15) is 11.5 Å². The Kier molecular flexibility index (Phi) is 5.49. The number of methoxy groups -OCH3 is 1. The molecule has 0 radical (unpaired) electrons. The Labute approximate surface area is 158 Å². The molecule has 1 aliphatic rings. The Morgan fingerprint density at radius 3 is 2.78 bits per heavy atom. The van der Waals surface area contributed by atoms with Gasteiger partial charge < -0.3 is 25.0 Å². The number of carbonyl (C=O) groups excluding carboxylic acids is 2. The quantitative estimate of drug-likeness (QED) is 0.842. The van der Waals surface area contributed by atoms with E-state index < -0.39 is 6.10 Å². The van der Waals surface area contributed by atoms with Crippen LogP contribution in [0.25, 0.3) is 0 Å². The summed E-state index contributed by atoms with van der Waals surface area (Å²) in [6.07, 6.45) is -0.675. The topological polar surface area (TPSA) is 79.9 Å². The molecule has 0 saturated carbocycles. The van der Waals surface area contributed by atoms with Crippen LogP contribution in [0.4, 0.5) is 11.4 Å². The minimum absolute atomic E-state index is 0.0883. The molecule has 2 aromatic rings. The van der Waals surface area contributed by atoms with Crippen molar-refractivity contribution >= 4 is 23.2 Å². The van der Waals surface area contributed by atoms with Gasteiger partial charge in [-0.05, 0) is 36.8 Å². The zero-order valence-corrected chi connectivity index (χ0v) is 15.6. The second-order valence-corrected chi connectivity index (χ2v) is 6.32. The van der Waals surface area contributed by atoms with Gasteiger partial charge in [0.05, 0.1) is 31.6 Å². The maximum absolute atomic E-state index is 12.7. The van der Waals surface area contributed by atoms with Crippen LogP contribution in [0.15, 0.2) is 42.5 Å². The molecule has 0 unspecified atom stereocenters. The molecule has 2 aromatic carbocycles. The molecule has 7 nitrogen and oxygen atoms in total. The van der Waals surface area contributed by atoms with Crippen molar-refractivity contribution in [2.75, 3.05) is 37.5 Å². The molecule has 0 aliphatic carbocycles. The predicted octanol–water partition coefficient (Wildman–Crippen LogP) is 1.96. The Balaban J connectivity index is 1.78. The number of nitrogens with zero attached hydrogens (tertiary/aromatic N) is 1. The normalized spacial score (nSPS) is 15.4. The Morgan fingerprint density at radius 1 is 1.26 bits per heavy atom. The van der Waals surface area contributed by atoms with Crippen molar-refractivity contribution in [3.05, 3.63) is 48.0 Å². The van der Waals surface area contributed by atoms with Crippen LogP contribution in [-0.2, 0) is 9.59 Å². The molecule has 1 heterocycles. The number of aryl methyl sites for hydroxylation is 1. The largest absolute Gasteiger partial charge is 0.495 e. The van der Waals surface area contributed by atoms with E-state index >= 15 is 0 Å². The zero-order chi connectivity index (χ0) is 19.4. The van der Waals surface area contributed by atoms with Gasteiger partial charge in [-0.1, -0.05) is 18.2 Å². The van der Waals surface area contributed by atoms with Crippen molar-refractivity contribution in [1.82, 2.24) is 5.32 Å². The second kappa shape index (κ2) is 7.99. The number of amides is 2. The number of para-hydroxylation sites is 2. The molecule has 1 atom stereocenters. The first-order valence-corrected chi connectivity index (χ1v) is 8.68. The first kappa shape index (κ1) is 18.6. The van der Waals surface area contributed by atoms with Gasteiger partial charge in [-0.3, -0.25) is 9.59 Å². The highest BCUT2D eigenvalue weighted by Crippen LogP contribution is 2.33. The first-order valence-electron chi connectivity index (χ1n) is 8.68. The van der Waals surface area contributed by atoms with Crippen molar-refractivity contribution in [3.63, 3.8) is 0 Å². The summed E-state index contributed by atoms with van der Waals surface area (Å²) in [6.45, 7) is 2.32. The van der Waals surface area contributed by atoms with E-state index in [1.807, 2.05) is 48.2 Å². The van der Waals surface area contributed by atoms with Crippen molar-refractivity contribution in [2.24, 2.45) is 0 Å². The lowest BCUT2D eigenvalue weighted by Gasteiger charge is -2.35. The van der Waals surface area contributed by atoms with Gasteiger partial charge in [-0.25, -0.2) is 0 Å². The summed E-state index contributed by atoms with van der Waals surface area (Å²) in [5, 5.41) is 5.48. The number of likely N-dealkylation sites (N-methyl/N-ethyl adjacent to an activating group) is 1. The van der Waals surface area contributed by atoms with Gasteiger partial charge >= 0.3 is 0 Å². The fourth-order valence-electron chi connectivity index (χ4n) is 3.04. The molecule has 0 fully saturated rings. The summed E-state index contributed by atoms with van der Waals surface area (Å²) in [7, 11) is 3.12. The average molecular weight is 369 g/mol. The third-order valence-corrected chi connectivity index (χ3v) is 4.36. The van der Waals surface area contributed by atoms with Crippen LogP contribution < -0.4 is 25.0 Å². The third-order valence-electron chi connectivity index (χ3n) is 4.36. The molecule has 0 bridgehead atoms. The van der Waals surface area contributed by atoms with Gasteiger partial charge in [0.25, 0.3) is 5.91 Å². The van der Waals surface area contributed by atoms with Crippen LogP contribution in [0.3, 0.4) is 0 Å². The minimum Gasteiger partial charge on any atom is -0.495 e. The Hall–Kier alpha value is -3.22. The second-order valence-electron chi connectivity index (χ2n) is 6.32. The highest BCUT2D eigenvalue weighted by molar-refractivity contribution is 5.96. The lowest BCUT2D eigenvalue weighted by molar-refractivity contribution is -0.127. The van der Waals surface area contributed by atoms with E-state index in [0.29, 0.717) is 17.2 Å². The van der Waals surface area contributed by atoms with Gasteiger partial charge in [-0.15, -0.1) is 0 Å². The molecular weight excluding hydrogens is 346 g/mol. The summed E-state index contributed by atoms with van der Waals surface area (Å²) in [4.78, 5) is 26.6. The molecule has 27 heavy (non-hydrogen) atoms. The molecule has 2 amide bonds. The number of anilines is 2. The van der Waals surface area contributed by atoms with Crippen molar-refractivity contribution in [1.29, 1.82) is 0 Å². The standard InChI is InChI=1S/C20H23N3O4/c1-13-8-9-16(26-3)14(10-13)22-19(24)12-23-11-18(20(25)21-2)27-17-7-5-4-6-15(17)23/h4-10,18H,11-12H2,1-3H3,(H,21,25)(H,22,24)/t18-/m0/s1. The van der Waals surface area contributed by atoms with Gasteiger partial charge in [0.2, 0.25) is 5.91 Å². The van der Waals surface area contributed by atoms with Gasteiger partial charge in [0.15, 0.2) is 6.10 Å². The Bertz CT molecular complexity index is 853. The lowest BCUT2D eigenvalue weighted by Crippen LogP contribution is -2.50. The summed E-state index contributed by atoms with van der Waals surface area (Å²) in [5.41, 5.74) is 2.42. The molecule has 1 aliphatic heterocycles. The number of hydrogen-bond acceptors (Lipinski definition) is 5. The van der Waals surface area contributed by atoms with E-state index in [-0.39, 0.29) is 24.9 Å². The van der Waals surface area contributed by atoms with Crippen LogP contribution >= 0.6 is 0 Å². The van der Waals surface area contributed by atoms with Crippen LogP contribution in [0.1, 0.15) is 5.56 Å². The summed E-state index contributed by atoms with van der Waals surface area (Å²) < 4.78 is 11.1. The van der Waals surface area contributed by atoms with Gasteiger partial charge in [-0.2, -0.15) is 0 Å². The summed E-state index contributed by atoms with van der Waals surface area (Å²) in [6, 6.07) is 13.0. The van der Waals surface area contributed by atoms with Crippen LogP contribution in [-0.4, -0.2) is 45.2 Å². The number of benzene rings is 2. The molecule has 2 N–H and O–H groups in total. The van der Waals surface area contributed by atoms with Crippen LogP contribution in [0.2, 0.25) is 0 Å². The summed E-state index contributed by atoms with van der Waals surface area (Å²) in [5.74, 6) is 0.749. The number of fused-ring (bicyclic) bond motifs is 1. The van der Waals surface area contributed by atoms with E-state index in [9.17, 15) is 9.59 Å². The highest BCUT2D eigenvalue weighted by Gasteiger charge is 2.31. The molecule has 0 saturated heterocycles. The van der Waals surface area contributed by atoms with E-state index in [0.717, 1.165) is 11.3 Å². The number of hydrogen-bond donors (Lipinski definition) is 2. The smallest absolute Gasteiger partial charge is 0.262 e. The lowest BCUT2D eigenvalue weighted by atomic mass is 10.1. The molecule has 142 valence electrons. The Morgan fingerprint density at radius 2 is 2.04 bits per heavy atom. The highest BCUT2D eigenvalue weighted by atomic mass is 16.5. The fourth-order valence-corrected chi connectivity index (χ4v) is 3.04. The molecular formula is C20H23N3O4. The SMILES string of the molecule is CNC(=O)[C@@H]1CN(CC(=O)Nc2cc(C)ccc2OC)c2ccccc2O1. The number of ether oxygens (including phenoxy) is 2. The van der Waals surface area contributed by atoms with Crippen molar-refractivity contribution < 1.29 is 19.1 Å².